The van der Waals surface area contributed by atoms with Gasteiger partial charge in [-0.1, -0.05) is 426 Å². The Balaban J connectivity index is 1.53. The Morgan fingerprint density at radius 3 is 0.423 bits per heavy atom. The van der Waals surface area contributed by atoms with Crippen molar-refractivity contribution in [1.29, 1.82) is 0 Å². The molecule has 0 unspecified atom stereocenters. The molecule has 0 radical (unpaired) electrons. The summed E-state index contributed by atoms with van der Waals surface area (Å²) >= 11 is 0. The van der Waals surface area contributed by atoms with Gasteiger partial charge in [0.25, 0.3) is 0 Å². The molecule has 374 valence electrons. The Morgan fingerprint density at radius 2 is 0.269 bits per heavy atom. The smallest absolute Gasteiger partial charge is 0.0632 e. The second-order valence-electron chi connectivity index (χ2n) is 20.6. The first-order valence-electron chi connectivity index (χ1n) is 27.4. The van der Waals surface area contributed by atoms with Crippen molar-refractivity contribution >= 4 is 107 Å². The molecule has 6 heteroatoms. The van der Waals surface area contributed by atoms with Crippen LogP contribution in [0.2, 0.25) is 0 Å². The summed E-state index contributed by atoms with van der Waals surface area (Å²) in [6, 6.07) is 147. The molecule has 0 aliphatic heterocycles. The number of hydrogen-bond donors (Lipinski definition) is 0. The van der Waals surface area contributed by atoms with E-state index in [0.29, 0.717) is 0 Å². The predicted molar refractivity (Wildman–Crippen MR) is 350 cm³/mol. The number of hydrogen-bond acceptors (Lipinski definition) is 0. The standard InChI is InChI=1S/C72H62Si6/c1-13-37-61(38-14-1)73(62-39-15-2-16-40-62)75(65-45-21-5-22-46-65,66-47-23-6-24-48-66)77(69-53-29-9-30-54-69,70-55-31-10-32-56-70)78(71-57-33-11-34-58-71,72-59-35-12-36-60-72)76(67-49-25-7-26-50-67,68-51-27-8-28-52-68)74(63-41-17-3-18-42-63)64-43-19-4-20-44-64/h1-60,73-74H. The van der Waals surface area contributed by atoms with Gasteiger partial charge in [-0.25, -0.2) is 0 Å². The van der Waals surface area contributed by atoms with Gasteiger partial charge in [0.2, 0.25) is 0 Å². The lowest BCUT2D eigenvalue weighted by molar-refractivity contribution is 1.68. The Hall–Kier alpha value is -8.06. The predicted octanol–water partition coefficient (Wildman–Crippen LogP) is 7.51. The molecule has 12 rings (SSSR count). The highest BCUT2D eigenvalue weighted by Gasteiger charge is 2.81. The lowest BCUT2D eigenvalue weighted by atomic mass is 10.4. The zero-order valence-corrected chi connectivity index (χ0v) is 50.1. The molecule has 0 spiro atoms. The number of benzene rings is 12. The first kappa shape index (κ1) is 50.7. The van der Waals surface area contributed by atoms with Crippen molar-refractivity contribution in [2.24, 2.45) is 0 Å². The Kier molecular flexibility index (Phi) is 14.9. The van der Waals surface area contributed by atoms with Crippen molar-refractivity contribution in [1.82, 2.24) is 0 Å². The van der Waals surface area contributed by atoms with Gasteiger partial charge in [0.1, 0.15) is 45.1 Å². The van der Waals surface area contributed by atoms with Crippen LogP contribution < -0.4 is 62.2 Å². The molecule has 0 N–H and O–H groups in total. The van der Waals surface area contributed by atoms with Crippen LogP contribution in [0.15, 0.2) is 364 Å². The van der Waals surface area contributed by atoms with Crippen LogP contribution in [0.5, 0.6) is 0 Å². The van der Waals surface area contributed by atoms with Gasteiger partial charge in [0, 0.05) is 0 Å². The molecule has 0 aliphatic carbocycles. The summed E-state index contributed by atoms with van der Waals surface area (Å²) < 4.78 is 0. The summed E-state index contributed by atoms with van der Waals surface area (Å²) in [6.07, 6.45) is 0. The molecular formula is C72H62Si6. The summed E-state index contributed by atoms with van der Waals surface area (Å²) in [4.78, 5) is 0. The fourth-order valence-electron chi connectivity index (χ4n) is 14.5. The maximum absolute atomic E-state index is 3.89. The van der Waals surface area contributed by atoms with E-state index >= 15 is 0 Å². The van der Waals surface area contributed by atoms with Crippen LogP contribution in [0.25, 0.3) is 0 Å². The van der Waals surface area contributed by atoms with E-state index in [0.717, 1.165) is 0 Å². The molecule has 0 aromatic heterocycles. The Morgan fingerprint density at radius 1 is 0.141 bits per heavy atom. The molecule has 78 heavy (non-hydrogen) atoms. The van der Waals surface area contributed by atoms with E-state index < -0.39 is 45.1 Å². The van der Waals surface area contributed by atoms with Crippen molar-refractivity contribution < 1.29 is 0 Å². The first-order valence-corrected chi connectivity index (χ1v) is 44.3. The zero-order valence-electron chi connectivity index (χ0n) is 43.8. The van der Waals surface area contributed by atoms with Crippen LogP contribution in [-0.2, 0) is 0 Å². The largest absolute Gasteiger partial charge is 0.121 e. The molecule has 0 bridgehead atoms. The van der Waals surface area contributed by atoms with Crippen LogP contribution in [0.1, 0.15) is 0 Å². The molecule has 12 aromatic rings. The minimum absolute atomic E-state index is 1.49. The lowest BCUT2D eigenvalue weighted by Gasteiger charge is -2.67. The van der Waals surface area contributed by atoms with Crippen molar-refractivity contribution in [3.05, 3.63) is 364 Å². The molecule has 0 saturated heterocycles. The molecule has 12 aromatic carbocycles. The first-order chi connectivity index (χ1) is 38.8. The van der Waals surface area contributed by atoms with Crippen LogP contribution in [-0.4, -0.2) is 45.1 Å². The van der Waals surface area contributed by atoms with E-state index in [4.69, 9.17) is 0 Å². The third kappa shape index (κ3) is 8.35. The van der Waals surface area contributed by atoms with E-state index in [1.165, 1.54) is 62.2 Å². The quantitative estimate of drug-likeness (QED) is 0.0830. The minimum Gasteiger partial charge on any atom is -0.0632 e. The molecule has 0 aliphatic rings. The number of rotatable bonds is 17. The van der Waals surface area contributed by atoms with Gasteiger partial charge >= 0.3 is 0 Å². The highest BCUT2D eigenvalue weighted by molar-refractivity contribution is 8.10. The zero-order chi connectivity index (χ0) is 52.5. The molecule has 0 heterocycles. The summed E-state index contributed by atoms with van der Waals surface area (Å²) in [7, 11) is -20.3. The van der Waals surface area contributed by atoms with E-state index in [1.807, 2.05) is 0 Å². The van der Waals surface area contributed by atoms with Crippen molar-refractivity contribution in [2.75, 3.05) is 0 Å². The normalized spacial score (nSPS) is 12.1. The highest BCUT2D eigenvalue weighted by Crippen LogP contribution is 2.39. The van der Waals surface area contributed by atoms with E-state index in [1.54, 1.807) is 0 Å². The fourth-order valence-corrected chi connectivity index (χ4v) is 157. The van der Waals surface area contributed by atoms with E-state index in [9.17, 15) is 0 Å². The van der Waals surface area contributed by atoms with Gasteiger partial charge in [-0.3, -0.25) is 0 Å². The van der Waals surface area contributed by atoms with Crippen LogP contribution in [0.4, 0.5) is 0 Å². The molecular weight excluding hydrogens is 1030 g/mol. The maximum Gasteiger partial charge on any atom is 0.121 e. The van der Waals surface area contributed by atoms with Crippen LogP contribution in [0, 0.1) is 0 Å². The van der Waals surface area contributed by atoms with Crippen LogP contribution >= 0.6 is 0 Å². The Bertz CT molecular complexity index is 3260. The molecule has 0 atom stereocenters. The van der Waals surface area contributed by atoms with Gasteiger partial charge < -0.3 is 0 Å². The summed E-state index contributed by atoms with van der Waals surface area (Å²) in [6.45, 7) is 0. The minimum atomic E-state index is -3.89. The third-order valence-corrected chi connectivity index (χ3v) is 104. The van der Waals surface area contributed by atoms with Crippen LogP contribution in [0.3, 0.4) is 0 Å². The van der Waals surface area contributed by atoms with Crippen molar-refractivity contribution in [3.63, 3.8) is 0 Å². The molecule has 0 saturated carbocycles. The SMILES string of the molecule is c1ccc([SiH](c2ccccc2)[Si](c2ccccc2)(c2ccccc2)[Si](c2ccccc2)(c2ccccc2)[Si](c2ccccc2)(c2ccccc2)[Si](c2ccccc2)(c2ccccc2)[SiH](c2ccccc2)c2ccccc2)cc1. The lowest BCUT2D eigenvalue weighted by Crippen LogP contribution is -3.12. The maximum atomic E-state index is 2.65. The molecule has 0 nitrogen and oxygen atoms in total. The monoisotopic (exact) mass is 1090 g/mol. The average Bonchev–Trinajstić information content (AvgIpc) is 3.32. The van der Waals surface area contributed by atoms with E-state index in [2.05, 4.69) is 364 Å². The van der Waals surface area contributed by atoms with Gasteiger partial charge in [-0.05, 0) is 0 Å². The van der Waals surface area contributed by atoms with E-state index in [-0.39, 0.29) is 0 Å². The second-order valence-corrected chi connectivity index (χ2v) is 64.7. The van der Waals surface area contributed by atoms with Gasteiger partial charge in [0.05, 0.1) is 0 Å². The van der Waals surface area contributed by atoms with Gasteiger partial charge in [-0.2, -0.15) is 0 Å². The second kappa shape index (κ2) is 22.9. The highest BCUT2D eigenvalue weighted by atomic mass is 30.0. The summed E-state index contributed by atoms with van der Waals surface area (Å²) in [5, 5.41) is 18.1. The van der Waals surface area contributed by atoms with Gasteiger partial charge in [-0.15, -0.1) is 0 Å². The van der Waals surface area contributed by atoms with Crippen molar-refractivity contribution in [2.45, 2.75) is 0 Å². The third-order valence-electron chi connectivity index (χ3n) is 16.9. The molecule has 0 fully saturated rings. The average molecular weight is 1100 g/mol. The van der Waals surface area contributed by atoms with Crippen molar-refractivity contribution in [3.8, 4) is 0 Å². The Labute approximate surface area is 467 Å². The fraction of sp³-hybridized carbons (Fsp3) is 0. The summed E-state index contributed by atoms with van der Waals surface area (Å²) in [5.41, 5.74) is 0. The summed E-state index contributed by atoms with van der Waals surface area (Å²) in [5.74, 6) is 0. The van der Waals surface area contributed by atoms with Gasteiger partial charge in [0.15, 0.2) is 0 Å². The topological polar surface area (TPSA) is 0 Å². The molecule has 0 amide bonds.